The predicted octanol–water partition coefficient (Wildman–Crippen LogP) is 4.54. The summed E-state index contributed by atoms with van der Waals surface area (Å²) in [5, 5.41) is 0.556. The maximum atomic E-state index is 5.95. The number of rotatable bonds is 6. The molecule has 0 aliphatic carbocycles. The highest BCUT2D eigenvalue weighted by molar-refractivity contribution is 6.29. The Hall–Kier alpha value is -1.54. The van der Waals surface area contributed by atoms with Crippen molar-refractivity contribution in [2.75, 3.05) is 11.4 Å². The van der Waals surface area contributed by atoms with Crippen molar-refractivity contribution in [3.05, 3.63) is 59.4 Å². The number of hydrogen-bond donors (Lipinski definition) is 0. The highest BCUT2D eigenvalue weighted by Gasteiger charge is 2.07. The molecule has 1 aromatic heterocycles. The van der Waals surface area contributed by atoms with Gasteiger partial charge in [0.15, 0.2) is 0 Å². The van der Waals surface area contributed by atoms with Crippen LogP contribution in [-0.4, -0.2) is 11.5 Å². The summed E-state index contributed by atoms with van der Waals surface area (Å²) in [5.41, 5.74) is 2.24. The van der Waals surface area contributed by atoms with Crippen molar-refractivity contribution in [3.8, 4) is 0 Å². The zero-order valence-electron chi connectivity index (χ0n) is 11.2. The molecule has 0 saturated carbocycles. The summed E-state index contributed by atoms with van der Waals surface area (Å²) in [4.78, 5) is 6.72. The van der Waals surface area contributed by atoms with Gasteiger partial charge in [-0.2, -0.15) is 0 Å². The van der Waals surface area contributed by atoms with E-state index >= 15 is 0 Å². The van der Waals surface area contributed by atoms with Crippen LogP contribution >= 0.6 is 11.6 Å². The molecule has 0 N–H and O–H groups in total. The summed E-state index contributed by atoms with van der Waals surface area (Å²) in [5.74, 6) is 0. The number of unbranched alkanes of at least 4 members (excludes halogenated alkanes) is 1. The topological polar surface area (TPSA) is 16.1 Å². The van der Waals surface area contributed by atoms with Crippen LogP contribution in [-0.2, 0) is 6.54 Å². The van der Waals surface area contributed by atoms with Gasteiger partial charge in [0.25, 0.3) is 0 Å². The van der Waals surface area contributed by atoms with E-state index in [2.05, 4.69) is 41.1 Å². The van der Waals surface area contributed by atoms with Crippen LogP contribution in [0.25, 0.3) is 0 Å². The standard InChI is InChI=1S/C16H19ClN2/c1-2-3-12-19(15-9-5-4-6-10-15)13-14-8-7-11-16(17)18-14/h4-11H,2-3,12-13H2,1H3. The van der Waals surface area contributed by atoms with Gasteiger partial charge in [0.1, 0.15) is 5.15 Å². The molecule has 0 atom stereocenters. The quantitative estimate of drug-likeness (QED) is 0.719. The molecule has 0 radical (unpaired) electrons. The fourth-order valence-corrected chi connectivity index (χ4v) is 2.20. The highest BCUT2D eigenvalue weighted by atomic mass is 35.5. The van der Waals surface area contributed by atoms with Gasteiger partial charge in [-0.25, -0.2) is 4.98 Å². The molecule has 3 heteroatoms. The van der Waals surface area contributed by atoms with Crippen LogP contribution in [0.5, 0.6) is 0 Å². The van der Waals surface area contributed by atoms with Crippen molar-refractivity contribution in [3.63, 3.8) is 0 Å². The van der Waals surface area contributed by atoms with Crippen LogP contribution in [0.15, 0.2) is 48.5 Å². The lowest BCUT2D eigenvalue weighted by Gasteiger charge is -2.24. The zero-order chi connectivity index (χ0) is 13.5. The number of hydrogen-bond acceptors (Lipinski definition) is 2. The van der Waals surface area contributed by atoms with E-state index in [1.54, 1.807) is 0 Å². The number of para-hydroxylation sites is 1. The Morgan fingerprint density at radius 2 is 1.84 bits per heavy atom. The Labute approximate surface area is 120 Å². The molecule has 0 aliphatic heterocycles. The lowest BCUT2D eigenvalue weighted by atomic mass is 10.2. The first kappa shape index (κ1) is 13.9. The molecule has 2 aromatic rings. The number of nitrogens with zero attached hydrogens (tertiary/aromatic N) is 2. The molecule has 0 aliphatic rings. The van der Waals surface area contributed by atoms with Gasteiger partial charge in [0, 0.05) is 12.2 Å². The molecule has 0 amide bonds. The minimum absolute atomic E-state index is 0.556. The van der Waals surface area contributed by atoms with Crippen molar-refractivity contribution in [2.45, 2.75) is 26.3 Å². The molecule has 0 saturated heterocycles. The first-order valence-corrected chi connectivity index (χ1v) is 7.09. The molecule has 0 unspecified atom stereocenters. The van der Waals surface area contributed by atoms with E-state index in [0.29, 0.717) is 5.15 Å². The van der Waals surface area contributed by atoms with Gasteiger partial charge in [-0.15, -0.1) is 0 Å². The minimum Gasteiger partial charge on any atom is -0.366 e. The smallest absolute Gasteiger partial charge is 0.129 e. The summed E-state index contributed by atoms with van der Waals surface area (Å²) in [6.45, 7) is 4.04. The molecular formula is C16H19ClN2. The van der Waals surface area contributed by atoms with Gasteiger partial charge in [0.05, 0.1) is 12.2 Å². The molecule has 100 valence electrons. The van der Waals surface area contributed by atoms with Crippen molar-refractivity contribution < 1.29 is 0 Å². The summed E-state index contributed by atoms with van der Waals surface area (Å²) in [6, 6.07) is 16.2. The van der Waals surface area contributed by atoms with Crippen LogP contribution in [0.1, 0.15) is 25.5 Å². The number of anilines is 1. The van der Waals surface area contributed by atoms with Crippen molar-refractivity contribution >= 4 is 17.3 Å². The summed E-state index contributed by atoms with van der Waals surface area (Å²) in [6.07, 6.45) is 2.36. The van der Waals surface area contributed by atoms with Gasteiger partial charge in [-0.3, -0.25) is 0 Å². The number of aromatic nitrogens is 1. The average molecular weight is 275 g/mol. The van der Waals surface area contributed by atoms with E-state index in [1.165, 1.54) is 18.5 Å². The first-order chi connectivity index (χ1) is 9.29. The fourth-order valence-electron chi connectivity index (χ4n) is 2.02. The van der Waals surface area contributed by atoms with E-state index in [1.807, 2.05) is 24.3 Å². The van der Waals surface area contributed by atoms with Gasteiger partial charge < -0.3 is 4.90 Å². The molecule has 19 heavy (non-hydrogen) atoms. The van der Waals surface area contributed by atoms with Gasteiger partial charge in [0.2, 0.25) is 0 Å². The Balaban J connectivity index is 2.14. The van der Waals surface area contributed by atoms with Crippen LogP contribution in [0.4, 0.5) is 5.69 Å². The number of pyridine rings is 1. The molecule has 0 fully saturated rings. The van der Waals surface area contributed by atoms with Gasteiger partial charge in [-0.1, -0.05) is 49.2 Å². The first-order valence-electron chi connectivity index (χ1n) is 6.71. The normalized spacial score (nSPS) is 10.4. The Bertz CT molecular complexity index is 499. The van der Waals surface area contributed by atoms with Crippen molar-refractivity contribution in [2.24, 2.45) is 0 Å². The monoisotopic (exact) mass is 274 g/mol. The van der Waals surface area contributed by atoms with E-state index in [0.717, 1.165) is 18.8 Å². The van der Waals surface area contributed by atoms with E-state index in [-0.39, 0.29) is 0 Å². The van der Waals surface area contributed by atoms with Crippen LogP contribution < -0.4 is 4.90 Å². The maximum absolute atomic E-state index is 5.95. The summed E-state index contributed by atoms with van der Waals surface area (Å²) < 4.78 is 0. The molecular weight excluding hydrogens is 256 g/mol. The fraction of sp³-hybridized carbons (Fsp3) is 0.312. The van der Waals surface area contributed by atoms with Crippen LogP contribution in [0.2, 0.25) is 5.15 Å². The lowest BCUT2D eigenvalue weighted by Crippen LogP contribution is -2.24. The lowest BCUT2D eigenvalue weighted by molar-refractivity contribution is 0.708. The zero-order valence-corrected chi connectivity index (χ0v) is 12.0. The van der Waals surface area contributed by atoms with E-state index < -0.39 is 0 Å². The van der Waals surface area contributed by atoms with Crippen molar-refractivity contribution in [1.29, 1.82) is 0 Å². The molecule has 2 rings (SSSR count). The largest absolute Gasteiger partial charge is 0.366 e. The van der Waals surface area contributed by atoms with E-state index in [9.17, 15) is 0 Å². The SMILES string of the molecule is CCCCN(Cc1cccc(Cl)n1)c1ccccc1. The molecule has 2 nitrogen and oxygen atoms in total. The Kier molecular flexibility index (Phi) is 5.22. The number of halogens is 1. The minimum atomic E-state index is 0.556. The van der Waals surface area contributed by atoms with E-state index in [4.69, 9.17) is 11.6 Å². The molecule has 0 bridgehead atoms. The Morgan fingerprint density at radius 1 is 1.05 bits per heavy atom. The third-order valence-electron chi connectivity index (χ3n) is 3.03. The second kappa shape index (κ2) is 7.15. The average Bonchev–Trinajstić information content (AvgIpc) is 2.44. The van der Waals surface area contributed by atoms with Crippen LogP contribution in [0, 0.1) is 0 Å². The maximum Gasteiger partial charge on any atom is 0.129 e. The third kappa shape index (κ3) is 4.25. The molecule has 0 spiro atoms. The number of benzene rings is 1. The highest BCUT2D eigenvalue weighted by Crippen LogP contribution is 2.17. The summed E-state index contributed by atoms with van der Waals surface area (Å²) >= 11 is 5.95. The van der Waals surface area contributed by atoms with Crippen molar-refractivity contribution in [1.82, 2.24) is 4.98 Å². The van der Waals surface area contributed by atoms with Gasteiger partial charge >= 0.3 is 0 Å². The Morgan fingerprint density at radius 3 is 2.53 bits per heavy atom. The second-order valence-electron chi connectivity index (χ2n) is 4.56. The second-order valence-corrected chi connectivity index (χ2v) is 4.95. The predicted molar refractivity (Wildman–Crippen MR) is 81.6 cm³/mol. The molecule has 1 aromatic carbocycles. The molecule has 1 heterocycles. The van der Waals surface area contributed by atoms with Gasteiger partial charge in [-0.05, 0) is 30.7 Å². The summed E-state index contributed by atoms with van der Waals surface area (Å²) in [7, 11) is 0. The van der Waals surface area contributed by atoms with Crippen LogP contribution in [0.3, 0.4) is 0 Å². The third-order valence-corrected chi connectivity index (χ3v) is 3.24.